The van der Waals surface area contributed by atoms with Crippen molar-refractivity contribution < 1.29 is 23.9 Å². The van der Waals surface area contributed by atoms with Gasteiger partial charge in [-0.2, -0.15) is 0 Å². The zero-order valence-electron chi connectivity index (χ0n) is 16.7. The van der Waals surface area contributed by atoms with Gasteiger partial charge in [-0.3, -0.25) is 9.59 Å². The first-order valence-corrected chi connectivity index (χ1v) is 9.45. The number of benzene rings is 1. The van der Waals surface area contributed by atoms with Crippen LogP contribution in [-0.4, -0.2) is 60.7 Å². The largest absolute Gasteiger partial charge is 0.484 e. The number of ether oxygens (including phenoxy) is 2. The van der Waals surface area contributed by atoms with Gasteiger partial charge in [0, 0.05) is 19.1 Å². The van der Waals surface area contributed by atoms with Gasteiger partial charge in [-0.05, 0) is 45.7 Å². The molecule has 0 saturated carbocycles. The van der Waals surface area contributed by atoms with Gasteiger partial charge in [0.2, 0.25) is 5.91 Å². The van der Waals surface area contributed by atoms with E-state index >= 15 is 0 Å². The maximum absolute atomic E-state index is 12.2. The highest BCUT2D eigenvalue weighted by Crippen LogP contribution is 2.12. The molecule has 1 saturated heterocycles. The number of hydrogen-bond donors (Lipinski definition) is 2. The Morgan fingerprint density at radius 1 is 1.11 bits per heavy atom. The number of carbonyl (C=O) groups is 3. The third kappa shape index (κ3) is 7.85. The number of hydrogen-bond acceptors (Lipinski definition) is 5. The summed E-state index contributed by atoms with van der Waals surface area (Å²) in [5.74, 6) is 0.304. The van der Waals surface area contributed by atoms with Crippen LogP contribution in [0.5, 0.6) is 5.75 Å². The van der Waals surface area contributed by atoms with E-state index in [1.165, 1.54) is 0 Å². The fourth-order valence-electron chi connectivity index (χ4n) is 2.78. The summed E-state index contributed by atoms with van der Waals surface area (Å²) in [6.07, 6.45) is 0.714. The Balaban J connectivity index is 1.64. The Labute approximate surface area is 165 Å². The highest BCUT2D eigenvalue weighted by atomic mass is 16.6. The van der Waals surface area contributed by atoms with E-state index in [0.717, 1.165) is 0 Å². The van der Waals surface area contributed by atoms with E-state index in [-0.39, 0.29) is 31.0 Å². The van der Waals surface area contributed by atoms with E-state index in [1.54, 1.807) is 37.8 Å². The van der Waals surface area contributed by atoms with Crippen molar-refractivity contribution in [2.75, 3.05) is 26.2 Å². The van der Waals surface area contributed by atoms with Gasteiger partial charge in [-0.25, -0.2) is 4.79 Å². The molecule has 0 spiro atoms. The molecule has 154 valence electrons. The van der Waals surface area contributed by atoms with E-state index in [4.69, 9.17) is 9.47 Å². The summed E-state index contributed by atoms with van der Waals surface area (Å²) < 4.78 is 10.5. The van der Waals surface area contributed by atoms with Gasteiger partial charge in [0.15, 0.2) is 6.61 Å². The summed E-state index contributed by atoms with van der Waals surface area (Å²) in [4.78, 5) is 37.5. The van der Waals surface area contributed by atoms with Crippen LogP contribution in [0.1, 0.15) is 33.6 Å². The van der Waals surface area contributed by atoms with Crippen molar-refractivity contribution in [2.45, 2.75) is 45.3 Å². The average molecular weight is 391 g/mol. The summed E-state index contributed by atoms with van der Waals surface area (Å²) >= 11 is 0. The third-order valence-electron chi connectivity index (χ3n) is 4.11. The number of amides is 3. The molecule has 0 radical (unpaired) electrons. The Morgan fingerprint density at radius 2 is 1.75 bits per heavy atom. The summed E-state index contributed by atoms with van der Waals surface area (Å²) in [7, 11) is 0. The molecule has 8 heteroatoms. The van der Waals surface area contributed by atoms with Crippen LogP contribution in [0.15, 0.2) is 30.3 Å². The smallest absolute Gasteiger partial charge is 0.408 e. The number of nitrogens with zero attached hydrogens (tertiary/aromatic N) is 1. The zero-order valence-corrected chi connectivity index (χ0v) is 16.7. The lowest BCUT2D eigenvalue weighted by Crippen LogP contribution is -2.49. The summed E-state index contributed by atoms with van der Waals surface area (Å²) in [6.45, 7) is 6.20. The van der Waals surface area contributed by atoms with Crippen molar-refractivity contribution in [3.63, 3.8) is 0 Å². The van der Waals surface area contributed by atoms with Crippen molar-refractivity contribution >= 4 is 17.9 Å². The molecule has 3 amide bonds. The lowest BCUT2D eigenvalue weighted by molar-refractivity contribution is -0.131. The number of likely N-dealkylation sites (tertiary alicyclic amines) is 1. The molecule has 2 N–H and O–H groups in total. The molecule has 8 nitrogen and oxygen atoms in total. The minimum Gasteiger partial charge on any atom is -0.484 e. The van der Waals surface area contributed by atoms with Gasteiger partial charge >= 0.3 is 6.09 Å². The van der Waals surface area contributed by atoms with Crippen LogP contribution < -0.4 is 15.4 Å². The lowest BCUT2D eigenvalue weighted by Gasteiger charge is -2.32. The van der Waals surface area contributed by atoms with Crippen molar-refractivity contribution in [3.8, 4) is 5.75 Å². The molecular weight excluding hydrogens is 362 g/mol. The monoisotopic (exact) mass is 391 g/mol. The van der Waals surface area contributed by atoms with E-state index in [1.807, 2.05) is 18.2 Å². The van der Waals surface area contributed by atoms with Crippen LogP contribution in [0.4, 0.5) is 4.79 Å². The Morgan fingerprint density at radius 3 is 2.36 bits per heavy atom. The van der Waals surface area contributed by atoms with Crippen LogP contribution in [0, 0.1) is 0 Å². The third-order valence-corrected chi connectivity index (χ3v) is 4.11. The van der Waals surface area contributed by atoms with Crippen LogP contribution in [0.25, 0.3) is 0 Å². The number of piperidine rings is 1. The minimum absolute atomic E-state index is 0.00902. The summed E-state index contributed by atoms with van der Waals surface area (Å²) in [6, 6.07) is 9.17. The molecule has 28 heavy (non-hydrogen) atoms. The molecule has 1 aromatic rings. The van der Waals surface area contributed by atoms with Crippen LogP contribution in [0.2, 0.25) is 0 Å². The predicted molar refractivity (Wildman–Crippen MR) is 104 cm³/mol. The van der Waals surface area contributed by atoms with Crippen molar-refractivity contribution in [1.82, 2.24) is 15.5 Å². The van der Waals surface area contributed by atoms with Gasteiger partial charge in [-0.1, -0.05) is 18.2 Å². The van der Waals surface area contributed by atoms with Gasteiger partial charge in [0.05, 0.1) is 0 Å². The second kappa shape index (κ2) is 9.96. The van der Waals surface area contributed by atoms with E-state index in [9.17, 15) is 14.4 Å². The Bertz CT molecular complexity index is 664. The van der Waals surface area contributed by atoms with Crippen molar-refractivity contribution in [2.24, 2.45) is 0 Å². The maximum atomic E-state index is 12.2. The first-order valence-electron chi connectivity index (χ1n) is 9.45. The molecule has 0 bridgehead atoms. The highest BCUT2D eigenvalue weighted by Gasteiger charge is 2.24. The van der Waals surface area contributed by atoms with Crippen molar-refractivity contribution in [3.05, 3.63) is 30.3 Å². The SMILES string of the molecule is CC(C)(C)OC(=O)NCC(=O)N1CCC(NC(=O)COc2ccccc2)CC1. The van der Waals surface area contributed by atoms with E-state index < -0.39 is 11.7 Å². The number of carbonyl (C=O) groups excluding carboxylic acids is 3. The minimum atomic E-state index is -0.610. The normalized spacial score (nSPS) is 14.9. The molecular formula is C20H29N3O5. The fourth-order valence-corrected chi connectivity index (χ4v) is 2.78. The number of para-hydroxylation sites is 1. The second-order valence-corrected chi connectivity index (χ2v) is 7.68. The average Bonchev–Trinajstić information content (AvgIpc) is 2.64. The first kappa shape index (κ1) is 21.5. The first-order chi connectivity index (χ1) is 13.2. The van der Waals surface area contributed by atoms with Crippen LogP contribution >= 0.6 is 0 Å². The lowest BCUT2D eigenvalue weighted by atomic mass is 10.0. The molecule has 1 aromatic carbocycles. The molecule has 0 aliphatic carbocycles. The van der Waals surface area contributed by atoms with Gasteiger partial charge in [0.1, 0.15) is 17.9 Å². The van der Waals surface area contributed by atoms with Gasteiger partial charge in [-0.15, -0.1) is 0 Å². The molecule has 1 fully saturated rings. The zero-order chi connectivity index (χ0) is 20.6. The standard InChI is InChI=1S/C20H29N3O5/c1-20(2,3)28-19(26)21-13-18(25)23-11-9-15(10-12-23)22-17(24)14-27-16-7-5-4-6-8-16/h4-8,15H,9-14H2,1-3H3,(H,21,26)(H,22,24). The molecule has 1 aliphatic rings. The summed E-state index contributed by atoms with van der Waals surface area (Å²) in [5, 5.41) is 5.41. The predicted octanol–water partition coefficient (Wildman–Crippen LogP) is 1.70. The topological polar surface area (TPSA) is 97.0 Å². The summed E-state index contributed by atoms with van der Waals surface area (Å²) in [5.41, 5.74) is -0.603. The van der Waals surface area contributed by atoms with E-state index in [0.29, 0.717) is 31.7 Å². The number of nitrogens with one attached hydrogen (secondary N) is 2. The quantitative estimate of drug-likeness (QED) is 0.769. The molecule has 0 unspecified atom stereocenters. The van der Waals surface area contributed by atoms with Gasteiger partial charge in [0.25, 0.3) is 5.91 Å². The molecule has 0 aromatic heterocycles. The van der Waals surface area contributed by atoms with Crippen LogP contribution in [-0.2, 0) is 14.3 Å². The molecule has 0 atom stereocenters. The highest BCUT2D eigenvalue weighted by molar-refractivity contribution is 5.82. The molecule has 2 rings (SSSR count). The Hall–Kier alpha value is -2.77. The number of rotatable bonds is 6. The van der Waals surface area contributed by atoms with Crippen molar-refractivity contribution in [1.29, 1.82) is 0 Å². The molecule has 1 aliphatic heterocycles. The molecule has 1 heterocycles. The van der Waals surface area contributed by atoms with Crippen LogP contribution in [0.3, 0.4) is 0 Å². The second-order valence-electron chi connectivity index (χ2n) is 7.68. The Kier molecular flexibility index (Phi) is 7.66. The number of alkyl carbamates (subject to hydrolysis) is 1. The fraction of sp³-hybridized carbons (Fsp3) is 0.550. The van der Waals surface area contributed by atoms with E-state index in [2.05, 4.69) is 10.6 Å². The van der Waals surface area contributed by atoms with Gasteiger partial charge < -0.3 is 25.0 Å². The maximum Gasteiger partial charge on any atom is 0.408 e.